The highest BCUT2D eigenvalue weighted by Gasteiger charge is 2.24. The fourth-order valence-corrected chi connectivity index (χ4v) is 2.82. The van der Waals surface area contributed by atoms with E-state index in [1.807, 2.05) is 13.8 Å². The third-order valence-corrected chi connectivity index (χ3v) is 3.88. The van der Waals surface area contributed by atoms with Gasteiger partial charge in [-0.3, -0.25) is 4.57 Å². The van der Waals surface area contributed by atoms with Crippen molar-refractivity contribution in [1.29, 1.82) is 0 Å². The van der Waals surface area contributed by atoms with Gasteiger partial charge in [-0.1, -0.05) is 11.6 Å². The van der Waals surface area contributed by atoms with E-state index < -0.39 is 9.05 Å². The van der Waals surface area contributed by atoms with Gasteiger partial charge in [-0.15, -0.1) is 10.2 Å². The van der Waals surface area contributed by atoms with Gasteiger partial charge in [0.15, 0.2) is 5.82 Å². The van der Waals surface area contributed by atoms with Crippen molar-refractivity contribution in [1.82, 2.24) is 14.8 Å². The Labute approximate surface area is 120 Å². The Morgan fingerprint density at radius 1 is 1.16 bits per heavy atom. The number of hydrogen-bond donors (Lipinski definition) is 0. The average Bonchev–Trinajstić information content (AvgIpc) is 2.74. The summed E-state index contributed by atoms with van der Waals surface area (Å²) in [6, 6.07) is 6.74. The molecular weight excluding hydrogens is 309 g/mol. The van der Waals surface area contributed by atoms with Crippen molar-refractivity contribution < 1.29 is 8.42 Å². The third-order valence-electron chi connectivity index (χ3n) is 2.50. The van der Waals surface area contributed by atoms with Crippen molar-refractivity contribution in [2.24, 2.45) is 0 Å². The molecule has 0 bridgehead atoms. The number of aromatic nitrogens is 3. The quantitative estimate of drug-likeness (QED) is 0.815. The van der Waals surface area contributed by atoms with Gasteiger partial charge < -0.3 is 0 Å². The number of rotatable bonds is 3. The molecule has 0 fully saturated rings. The molecule has 0 aliphatic carbocycles. The molecule has 1 aromatic carbocycles. The third kappa shape index (κ3) is 2.91. The highest BCUT2D eigenvalue weighted by Crippen LogP contribution is 2.26. The molecule has 8 heteroatoms. The summed E-state index contributed by atoms with van der Waals surface area (Å²) in [5.74, 6) is 0.436. The van der Waals surface area contributed by atoms with Crippen LogP contribution in [-0.2, 0) is 9.05 Å². The lowest BCUT2D eigenvalue weighted by molar-refractivity contribution is 0.530. The average molecular weight is 320 g/mol. The molecule has 2 rings (SSSR count). The maximum atomic E-state index is 11.5. The lowest BCUT2D eigenvalue weighted by Gasteiger charge is -2.12. The molecule has 0 atom stereocenters. The van der Waals surface area contributed by atoms with Crippen LogP contribution in [-0.4, -0.2) is 23.2 Å². The summed E-state index contributed by atoms with van der Waals surface area (Å²) >= 11 is 5.82. The van der Waals surface area contributed by atoms with Crippen molar-refractivity contribution >= 4 is 31.3 Å². The molecule has 0 radical (unpaired) electrons. The van der Waals surface area contributed by atoms with Gasteiger partial charge in [0.2, 0.25) is 0 Å². The van der Waals surface area contributed by atoms with Crippen LogP contribution in [0.25, 0.3) is 11.4 Å². The summed E-state index contributed by atoms with van der Waals surface area (Å²) in [6.07, 6.45) is 0. The van der Waals surface area contributed by atoms with Crippen LogP contribution in [0.2, 0.25) is 5.02 Å². The topological polar surface area (TPSA) is 64.8 Å². The molecule has 1 heterocycles. The standard InChI is InChI=1S/C11H11Cl2N3O2S/c1-7(2)16-10(8-3-5-9(12)6-4-8)14-15-11(16)19(13,17)18/h3-7H,1-2H3. The van der Waals surface area contributed by atoms with Gasteiger partial charge >= 0.3 is 0 Å². The van der Waals surface area contributed by atoms with Crippen LogP contribution in [0.1, 0.15) is 19.9 Å². The Balaban J connectivity index is 2.65. The Bertz CT molecular complexity index is 693. The zero-order valence-corrected chi connectivity index (χ0v) is 12.5. The first-order valence-electron chi connectivity index (χ1n) is 5.46. The van der Waals surface area contributed by atoms with Gasteiger partial charge in [0.25, 0.3) is 14.2 Å². The van der Waals surface area contributed by atoms with Gasteiger partial charge in [-0.25, -0.2) is 8.42 Å². The monoisotopic (exact) mass is 319 g/mol. The molecule has 0 spiro atoms. The van der Waals surface area contributed by atoms with Gasteiger partial charge in [-0.05, 0) is 38.1 Å². The second-order valence-electron chi connectivity index (χ2n) is 4.21. The highest BCUT2D eigenvalue weighted by atomic mass is 35.7. The van der Waals surface area contributed by atoms with Crippen molar-refractivity contribution in [3.8, 4) is 11.4 Å². The molecular formula is C11H11Cl2N3O2S. The Hall–Kier alpha value is -1.11. The molecule has 2 aromatic rings. The molecule has 0 unspecified atom stereocenters. The lowest BCUT2D eigenvalue weighted by Crippen LogP contribution is -2.10. The van der Waals surface area contributed by atoms with E-state index in [0.717, 1.165) is 5.56 Å². The maximum Gasteiger partial charge on any atom is 0.296 e. The Morgan fingerprint density at radius 3 is 2.21 bits per heavy atom. The second-order valence-corrected chi connectivity index (χ2v) is 7.11. The van der Waals surface area contributed by atoms with Crippen molar-refractivity contribution in [3.05, 3.63) is 29.3 Å². The van der Waals surface area contributed by atoms with E-state index in [1.54, 1.807) is 24.3 Å². The van der Waals surface area contributed by atoms with Crippen molar-refractivity contribution in [2.75, 3.05) is 0 Å². The van der Waals surface area contributed by atoms with Gasteiger partial charge in [0.05, 0.1) is 0 Å². The summed E-state index contributed by atoms with van der Waals surface area (Å²) in [5.41, 5.74) is 0.720. The summed E-state index contributed by atoms with van der Waals surface area (Å²) in [5, 5.41) is 7.91. The molecule has 0 aliphatic rings. The van der Waals surface area contributed by atoms with Crippen LogP contribution in [0.15, 0.2) is 29.4 Å². The molecule has 5 nitrogen and oxygen atoms in total. The minimum Gasteiger partial charge on any atom is -0.294 e. The first-order chi connectivity index (χ1) is 8.80. The van der Waals surface area contributed by atoms with Crippen LogP contribution < -0.4 is 0 Å². The minimum absolute atomic E-state index is 0.149. The van der Waals surface area contributed by atoms with E-state index in [2.05, 4.69) is 10.2 Å². The molecule has 19 heavy (non-hydrogen) atoms. The van der Waals surface area contributed by atoms with Gasteiger partial charge in [-0.2, -0.15) is 0 Å². The van der Waals surface area contributed by atoms with E-state index in [1.165, 1.54) is 4.57 Å². The summed E-state index contributed by atoms with van der Waals surface area (Å²) in [7, 11) is 1.42. The molecule has 0 N–H and O–H groups in total. The lowest BCUT2D eigenvalue weighted by atomic mass is 10.2. The molecule has 102 valence electrons. The van der Waals surface area contributed by atoms with Crippen LogP contribution in [0, 0.1) is 0 Å². The largest absolute Gasteiger partial charge is 0.296 e. The predicted molar refractivity (Wildman–Crippen MR) is 73.9 cm³/mol. The Kier molecular flexibility index (Phi) is 3.85. The highest BCUT2D eigenvalue weighted by molar-refractivity contribution is 8.13. The fraction of sp³-hybridized carbons (Fsp3) is 0.273. The maximum absolute atomic E-state index is 11.5. The van der Waals surface area contributed by atoms with Crippen molar-refractivity contribution in [3.63, 3.8) is 0 Å². The predicted octanol–water partition coefficient (Wildman–Crippen LogP) is 3.11. The van der Waals surface area contributed by atoms with E-state index in [-0.39, 0.29) is 11.2 Å². The molecule has 0 saturated heterocycles. The van der Waals surface area contributed by atoms with Gasteiger partial charge in [0, 0.05) is 27.3 Å². The SMILES string of the molecule is CC(C)n1c(-c2ccc(Cl)cc2)nnc1S(=O)(=O)Cl. The summed E-state index contributed by atoms with van der Waals surface area (Å²) < 4.78 is 24.4. The minimum atomic E-state index is -3.94. The fourth-order valence-electron chi connectivity index (χ4n) is 1.70. The number of benzene rings is 1. The van der Waals surface area contributed by atoms with E-state index in [4.69, 9.17) is 22.3 Å². The van der Waals surface area contributed by atoms with Crippen LogP contribution in [0.4, 0.5) is 0 Å². The van der Waals surface area contributed by atoms with Crippen molar-refractivity contribution in [2.45, 2.75) is 25.0 Å². The zero-order chi connectivity index (χ0) is 14.2. The van der Waals surface area contributed by atoms with Crippen LogP contribution >= 0.6 is 22.3 Å². The molecule has 1 aromatic heterocycles. The van der Waals surface area contributed by atoms with Gasteiger partial charge in [0.1, 0.15) is 0 Å². The van der Waals surface area contributed by atoms with E-state index in [0.29, 0.717) is 10.8 Å². The zero-order valence-electron chi connectivity index (χ0n) is 10.2. The molecule has 0 amide bonds. The summed E-state index contributed by atoms with van der Waals surface area (Å²) in [6.45, 7) is 3.66. The molecule has 0 saturated carbocycles. The number of halogens is 2. The normalized spacial score (nSPS) is 12.1. The second kappa shape index (κ2) is 5.11. The number of nitrogens with zero attached hydrogens (tertiary/aromatic N) is 3. The molecule has 0 aliphatic heterocycles. The van der Waals surface area contributed by atoms with E-state index in [9.17, 15) is 8.42 Å². The van der Waals surface area contributed by atoms with Crippen LogP contribution in [0.5, 0.6) is 0 Å². The smallest absolute Gasteiger partial charge is 0.294 e. The first kappa shape index (κ1) is 14.3. The summed E-state index contributed by atoms with van der Waals surface area (Å²) in [4.78, 5) is 0. The van der Waals surface area contributed by atoms with E-state index >= 15 is 0 Å². The van der Waals surface area contributed by atoms with Crippen LogP contribution in [0.3, 0.4) is 0 Å². The number of hydrogen-bond acceptors (Lipinski definition) is 4. The Morgan fingerprint density at radius 2 is 1.74 bits per heavy atom. The first-order valence-corrected chi connectivity index (χ1v) is 8.15.